The molecule has 0 aromatic rings. The van der Waals surface area contributed by atoms with Crippen LogP contribution in [0, 0.1) is 0 Å². The van der Waals surface area contributed by atoms with Crippen LogP contribution in [-0.4, -0.2) is 37.8 Å². The molecule has 0 aromatic carbocycles. The van der Waals surface area contributed by atoms with Gasteiger partial charge in [-0.3, -0.25) is 4.99 Å². The highest BCUT2D eigenvalue weighted by Crippen LogP contribution is 2.23. The molecule has 1 unspecified atom stereocenters. The van der Waals surface area contributed by atoms with Crippen molar-refractivity contribution >= 4 is 18.0 Å². The third-order valence-electron chi connectivity index (χ3n) is 1.82. The van der Waals surface area contributed by atoms with E-state index in [1.165, 1.54) is 4.91 Å². The molecule has 2 heterocycles. The fraction of sp³-hybridized carbons (Fsp3) is 0.625. The van der Waals surface area contributed by atoms with E-state index in [2.05, 4.69) is 10.3 Å². The number of morpholine rings is 1. The number of aliphatic imine (C=N–C) groups is 1. The average molecular weight is 183 g/mol. The van der Waals surface area contributed by atoms with Gasteiger partial charge in [0.05, 0.1) is 19.3 Å². The van der Waals surface area contributed by atoms with Crippen molar-refractivity contribution in [1.29, 1.82) is 0 Å². The van der Waals surface area contributed by atoms with Gasteiger partial charge in [-0.05, 0) is 0 Å². The van der Waals surface area contributed by atoms with Crippen LogP contribution in [0.25, 0.3) is 0 Å². The van der Waals surface area contributed by atoms with E-state index in [9.17, 15) is 0 Å². The summed E-state index contributed by atoms with van der Waals surface area (Å²) in [6.45, 7) is 2.33. The van der Waals surface area contributed by atoms with Crippen molar-refractivity contribution in [1.82, 2.24) is 5.32 Å². The number of nitrogens with zero attached hydrogens (tertiary/aromatic N) is 2. The first-order valence-corrected chi connectivity index (χ1v) is 5.04. The van der Waals surface area contributed by atoms with E-state index in [1.807, 2.05) is 24.2 Å². The van der Waals surface area contributed by atoms with Crippen LogP contribution in [0.2, 0.25) is 0 Å². The van der Waals surface area contributed by atoms with Crippen LogP contribution in [0.1, 0.15) is 0 Å². The molecule has 4 heteroatoms. The molecule has 3 nitrogen and oxygen atoms in total. The average Bonchev–Trinajstić information content (AvgIpc) is 2.21. The number of thioether (sulfide) groups is 1. The summed E-state index contributed by atoms with van der Waals surface area (Å²) in [4.78, 5) is 5.36. The Balaban J connectivity index is 1.97. The monoisotopic (exact) mass is 183 g/mol. The molecule has 0 amide bonds. The van der Waals surface area contributed by atoms with E-state index in [4.69, 9.17) is 4.74 Å². The Kier molecular flexibility index (Phi) is 2.81. The molecule has 1 atom stereocenters. The molecule has 0 spiro atoms. The first kappa shape index (κ1) is 8.29. The van der Waals surface area contributed by atoms with Gasteiger partial charge in [-0.15, -0.1) is 11.8 Å². The van der Waals surface area contributed by atoms with E-state index in [1.54, 1.807) is 0 Å². The van der Waals surface area contributed by atoms with Crippen molar-refractivity contribution in [3.8, 4) is 0 Å². The summed E-state index contributed by atoms with van der Waals surface area (Å²) in [6.07, 6.45) is 3.81. The minimum absolute atomic E-state index is 0.251. The van der Waals surface area contributed by atoms with Gasteiger partial charge in [0.25, 0.3) is 0 Å². The van der Waals surface area contributed by atoms with Crippen LogP contribution in [0.3, 0.4) is 0 Å². The summed E-state index contributed by atoms with van der Waals surface area (Å²) in [6, 6.07) is 0.251. The molecule has 0 saturated carbocycles. The lowest BCUT2D eigenvalue weighted by Crippen LogP contribution is -2.36. The molecule has 0 N–H and O–H groups in total. The van der Waals surface area contributed by atoms with E-state index in [0.29, 0.717) is 0 Å². The van der Waals surface area contributed by atoms with E-state index in [-0.39, 0.29) is 6.04 Å². The molecular formula is C8H11N2OS. The minimum Gasteiger partial charge on any atom is -0.378 e. The predicted molar refractivity (Wildman–Crippen MR) is 50.6 cm³/mol. The fourth-order valence-electron chi connectivity index (χ4n) is 1.22. The third kappa shape index (κ3) is 1.88. The van der Waals surface area contributed by atoms with Gasteiger partial charge >= 0.3 is 0 Å². The second-order valence-electron chi connectivity index (χ2n) is 2.67. The zero-order valence-electron chi connectivity index (χ0n) is 6.77. The van der Waals surface area contributed by atoms with Crippen molar-refractivity contribution in [2.24, 2.45) is 4.99 Å². The topological polar surface area (TPSA) is 35.7 Å². The maximum absolute atomic E-state index is 5.34. The van der Waals surface area contributed by atoms with Crippen molar-refractivity contribution < 1.29 is 4.74 Å². The number of hydrogen-bond acceptors (Lipinski definition) is 3. The van der Waals surface area contributed by atoms with Crippen LogP contribution in [0.4, 0.5) is 0 Å². The largest absolute Gasteiger partial charge is 0.378 e. The zero-order valence-corrected chi connectivity index (χ0v) is 7.59. The van der Waals surface area contributed by atoms with Crippen molar-refractivity contribution in [2.75, 3.05) is 25.5 Å². The third-order valence-corrected chi connectivity index (χ3v) is 2.85. The van der Waals surface area contributed by atoms with Crippen LogP contribution >= 0.6 is 11.8 Å². The molecule has 0 bridgehead atoms. The highest BCUT2D eigenvalue weighted by Gasteiger charge is 2.19. The van der Waals surface area contributed by atoms with E-state index in [0.717, 1.165) is 25.5 Å². The van der Waals surface area contributed by atoms with Gasteiger partial charge in [-0.25, -0.2) is 5.32 Å². The van der Waals surface area contributed by atoms with Gasteiger partial charge in [-0.2, -0.15) is 0 Å². The second-order valence-corrected chi connectivity index (χ2v) is 3.76. The minimum atomic E-state index is 0.251. The van der Waals surface area contributed by atoms with Crippen LogP contribution < -0.4 is 5.32 Å². The summed E-state index contributed by atoms with van der Waals surface area (Å²) >= 11 is 1.81. The standard InChI is InChI=1S/C8H11N2OS/c1-3-11-6-7(10-1)8-5-9-2-4-12-8/h2,5,7H,1,3-4,6H2. The normalized spacial score (nSPS) is 30.0. The lowest BCUT2D eigenvalue weighted by molar-refractivity contribution is 0.0869. The lowest BCUT2D eigenvalue weighted by atomic mass is 10.2. The van der Waals surface area contributed by atoms with Crippen molar-refractivity contribution in [2.45, 2.75) is 6.04 Å². The van der Waals surface area contributed by atoms with Gasteiger partial charge in [0, 0.05) is 29.6 Å². The molecule has 12 heavy (non-hydrogen) atoms. The van der Waals surface area contributed by atoms with E-state index >= 15 is 0 Å². The highest BCUT2D eigenvalue weighted by atomic mass is 32.2. The van der Waals surface area contributed by atoms with Crippen LogP contribution in [0.15, 0.2) is 16.1 Å². The SMILES string of the molecule is C1=NC=C(C2COCC[N]2)SC1. The molecule has 0 aromatic heterocycles. The second kappa shape index (κ2) is 4.07. The first-order valence-electron chi connectivity index (χ1n) is 4.05. The first-order chi connectivity index (χ1) is 5.97. The molecule has 2 rings (SSSR count). The highest BCUT2D eigenvalue weighted by molar-refractivity contribution is 8.03. The predicted octanol–water partition coefficient (Wildman–Crippen LogP) is 0.649. The number of ether oxygens (including phenoxy) is 1. The number of hydrogen-bond donors (Lipinski definition) is 0. The molecule has 0 aliphatic carbocycles. The quantitative estimate of drug-likeness (QED) is 0.598. The Labute approximate surface area is 76.3 Å². The van der Waals surface area contributed by atoms with Crippen LogP contribution in [0.5, 0.6) is 0 Å². The van der Waals surface area contributed by atoms with Gasteiger partial charge in [0.1, 0.15) is 0 Å². The number of rotatable bonds is 1. The van der Waals surface area contributed by atoms with Crippen LogP contribution in [-0.2, 0) is 4.74 Å². The Hall–Kier alpha value is -0.320. The molecule has 65 valence electrons. The molecule has 1 saturated heterocycles. The Morgan fingerprint density at radius 3 is 3.25 bits per heavy atom. The van der Waals surface area contributed by atoms with Gasteiger partial charge in [-0.1, -0.05) is 0 Å². The molecule has 2 aliphatic heterocycles. The van der Waals surface area contributed by atoms with Gasteiger partial charge < -0.3 is 4.74 Å². The maximum atomic E-state index is 5.34. The lowest BCUT2D eigenvalue weighted by Gasteiger charge is -2.24. The van der Waals surface area contributed by atoms with E-state index < -0.39 is 0 Å². The maximum Gasteiger partial charge on any atom is 0.0804 e. The Bertz CT molecular complexity index is 209. The molecular weight excluding hydrogens is 172 g/mol. The molecule has 1 fully saturated rings. The summed E-state index contributed by atoms with van der Waals surface area (Å²) < 4.78 is 5.34. The van der Waals surface area contributed by atoms with Crippen molar-refractivity contribution in [3.05, 3.63) is 11.1 Å². The van der Waals surface area contributed by atoms with Gasteiger partial charge in [0.2, 0.25) is 0 Å². The zero-order chi connectivity index (χ0) is 8.23. The van der Waals surface area contributed by atoms with Gasteiger partial charge in [0.15, 0.2) is 0 Å². The molecule has 1 radical (unpaired) electrons. The summed E-state index contributed by atoms with van der Waals surface area (Å²) in [7, 11) is 0. The summed E-state index contributed by atoms with van der Waals surface area (Å²) in [5, 5.41) is 4.47. The summed E-state index contributed by atoms with van der Waals surface area (Å²) in [5.41, 5.74) is 0. The molecule has 2 aliphatic rings. The Morgan fingerprint density at radius 2 is 2.58 bits per heavy atom. The van der Waals surface area contributed by atoms with Crippen molar-refractivity contribution in [3.63, 3.8) is 0 Å². The fourth-order valence-corrected chi connectivity index (χ4v) is 2.04. The Morgan fingerprint density at radius 1 is 1.58 bits per heavy atom. The smallest absolute Gasteiger partial charge is 0.0804 e. The summed E-state index contributed by atoms with van der Waals surface area (Å²) in [5.74, 6) is 0.970.